The molecule has 2 rings (SSSR count). The Bertz CT molecular complexity index is 714. The van der Waals surface area contributed by atoms with Gasteiger partial charge in [0.2, 0.25) is 10.0 Å². The quantitative estimate of drug-likeness (QED) is 0.642. The number of hydrogen-bond donors (Lipinski definition) is 1. The Balaban J connectivity index is 2.38. The van der Waals surface area contributed by atoms with Gasteiger partial charge in [0.05, 0.1) is 16.9 Å². The molecular weight excluding hydrogens is 362 g/mol. The normalized spacial score (nSPS) is 21.9. The van der Waals surface area contributed by atoms with Crippen molar-refractivity contribution in [3.63, 3.8) is 0 Å². The number of hydrogen-bond acceptors (Lipinski definition) is 5. The van der Waals surface area contributed by atoms with Crippen molar-refractivity contribution in [2.75, 3.05) is 0 Å². The molecule has 0 aliphatic heterocycles. The summed E-state index contributed by atoms with van der Waals surface area (Å²) >= 11 is 3.11. The molecule has 2 atom stereocenters. The number of rotatable bonds is 4. The Morgan fingerprint density at radius 3 is 2.76 bits per heavy atom. The molecule has 21 heavy (non-hydrogen) atoms. The van der Waals surface area contributed by atoms with Crippen LogP contribution in [0.5, 0.6) is 0 Å². The smallest absolute Gasteiger partial charge is 0.258 e. The SMILES string of the molecule is N#CC1CCCC1NS(=O)(=O)c1cc(Br)ccc1[N+](=O)[O-]. The molecule has 0 saturated heterocycles. The van der Waals surface area contributed by atoms with Crippen molar-refractivity contribution in [1.29, 1.82) is 5.26 Å². The van der Waals surface area contributed by atoms with Gasteiger partial charge in [0.1, 0.15) is 0 Å². The molecule has 1 aliphatic carbocycles. The molecule has 1 aromatic rings. The van der Waals surface area contributed by atoms with Gasteiger partial charge in [0.15, 0.2) is 4.90 Å². The van der Waals surface area contributed by atoms with E-state index in [9.17, 15) is 18.5 Å². The highest BCUT2D eigenvalue weighted by atomic mass is 79.9. The summed E-state index contributed by atoms with van der Waals surface area (Å²) in [6.07, 6.45) is 1.94. The van der Waals surface area contributed by atoms with Gasteiger partial charge >= 0.3 is 0 Å². The summed E-state index contributed by atoms with van der Waals surface area (Å²) in [6, 6.07) is 5.30. The van der Waals surface area contributed by atoms with Gasteiger partial charge in [0.25, 0.3) is 5.69 Å². The molecule has 7 nitrogen and oxygen atoms in total. The van der Waals surface area contributed by atoms with Crippen LogP contribution in [0, 0.1) is 27.4 Å². The van der Waals surface area contributed by atoms with Gasteiger partial charge in [-0.25, -0.2) is 13.1 Å². The molecule has 1 aromatic carbocycles. The maximum absolute atomic E-state index is 12.4. The third-order valence-electron chi connectivity index (χ3n) is 3.40. The van der Waals surface area contributed by atoms with E-state index in [4.69, 9.17) is 5.26 Å². The Hall–Kier alpha value is -1.50. The predicted octanol–water partition coefficient (Wildman–Crippen LogP) is 2.33. The fourth-order valence-corrected chi connectivity index (χ4v) is 4.39. The lowest BCUT2D eigenvalue weighted by Crippen LogP contribution is -2.37. The Labute approximate surface area is 130 Å². The topological polar surface area (TPSA) is 113 Å². The fraction of sp³-hybridized carbons (Fsp3) is 0.417. The first kappa shape index (κ1) is 15.9. The van der Waals surface area contributed by atoms with E-state index >= 15 is 0 Å². The highest BCUT2D eigenvalue weighted by Crippen LogP contribution is 2.30. The number of nitrogens with one attached hydrogen (secondary N) is 1. The van der Waals surface area contributed by atoms with Gasteiger partial charge in [-0.1, -0.05) is 22.4 Å². The van der Waals surface area contributed by atoms with Crippen LogP contribution in [-0.4, -0.2) is 19.4 Å². The van der Waals surface area contributed by atoms with E-state index in [0.29, 0.717) is 17.3 Å². The van der Waals surface area contributed by atoms with Gasteiger partial charge in [-0.3, -0.25) is 10.1 Å². The third-order valence-corrected chi connectivity index (χ3v) is 5.41. The molecule has 1 N–H and O–H groups in total. The summed E-state index contributed by atoms with van der Waals surface area (Å²) in [4.78, 5) is 9.85. The summed E-state index contributed by atoms with van der Waals surface area (Å²) in [5.41, 5.74) is -0.489. The molecule has 9 heteroatoms. The minimum atomic E-state index is -4.06. The van der Waals surface area contributed by atoms with Crippen molar-refractivity contribution >= 4 is 31.6 Å². The van der Waals surface area contributed by atoms with Crippen LogP contribution in [0.25, 0.3) is 0 Å². The molecule has 1 saturated carbocycles. The predicted molar refractivity (Wildman–Crippen MR) is 77.9 cm³/mol. The van der Waals surface area contributed by atoms with E-state index < -0.39 is 37.5 Å². The van der Waals surface area contributed by atoms with Crippen molar-refractivity contribution in [2.45, 2.75) is 30.2 Å². The number of halogens is 1. The highest BCUT2D eigenvalue weighted by molar-refractivity contribution is 9.10. The van der Waals surface area contributed by atoms with E-state index in [2.05, 4.69) is 26.7 Å². The zero-order chi connectivity index (χ0) is 15.6. The summed E-state index contributed by atoms with van der Waals surface area (Å²) in [7, 11) is -4.06. The van der Waals surface area contributed by atoms with Crippen LogP contribution in [0.15, 0.2) is 27.6 Å². The van der Waals surface area contributed by atoms with Crippen LogP contribution in [0.3, 0.4) is 0 Å². The van der Waals surface area contributed by atoms with E-state index in [1.54, 1.807) is 0 Å². The van der Waals surface area contributed by atoms with Crippen LogP contribution in [0.4, 0.5) is 5.69 Å². The monoisotopic (exact) mass is 373 g/mol. The first-order chi connectivity index (χ1) is 9.85. The maximum atomic E-state index is 12.4. The zero-order valence-corrected chi connectivity index (χ0v) is 13.2. The van der Waals surface area contributed by atoms with Gasteiger partial charge in [0, 0.05) is 16.6 Å². The summed E-state index contributed by atoms with van der Waals surface area (Å²) in [6.45, 7) is 0. The van der Waals surface area contributed by atoms with E-state index in [-0.39, 0.29) is 0 Å². The Morgan fingerprint density at radius 1 is 1.43 bits per heavy atom. The lowest BCUT2D eigenvalue weighted by molar-refractivity contribution is -0.387. The maximum Gasteiger partial charge on any atom is 0.289 e. The largest absolute Gasteiger partial charge is 0.289 e. The molecule has 0 radical (unpaired) electrons. The molecule has 2 unspecified atom stereocenters. The molecule has 1 fully saturated rings. The number of sulfonamides is 1. The van der Waals surface area contributed by atoms with Crippen molar-refractivity contribution in [1.82, 2.24) is 4.72 Å². The first-order valence-corrected chi connectivity index (χ1v) is 8.48. The van der Waals surface area contributed by atoms with Gasteiger partial charge in [-0.15, -0.1) is 0 Å². The van der Waals surface area contributed by atoms with Crippen molar-refractivity contribution in [3.05, 3.63) is 32.8 Å². The summed E-state index contributed by atoms with van der Waals surface area (Å²) in [5, 5.41) is 20.0. The minimum absolute atomic E-state index is 0.397. The lowest BCUT2D eigenvalue weighted by atomic mass is 10.1. The van der Waals surface area contributed by atoms with Crippen LogP contribution >= 0.6 is 15.9 Å². The highest BCUT2D eigenvalue weighted by Gasteiger charge is 2.34. The van der Waals surface area contributed by atoms with Crippen LogP contribution in [0.2, 0.25) is 0 Å². The van der Waals surface area contributed by atoms with E-state index in [0.717, 1.165) is 12.5 Å². The Kier molecular flexibility index (Phi) is 4.61. The zero-order valence-electron chi connectivity index (χ0n) is 10.8. The average Bonchev–Trinajstić information content (AvgIpc) is 2.84. The molecule has 1 aliphatic rings. The Morgan fingerprint density at radius 2 is 2.14 bits per heavy atom. The van der Waals surface area contributed by atoms with E-state index in [1.165, 1.54) is 12.1 Å². The van der Waals surface area contributed by atoms with Crippen LogP contribution in [0.1, 0.15) is 19.3 Å². The second-order valence-corrected chi connectivity index (χ2v) is 7.36. The standard InChI is InChI=1S/C12H12BrN3O4S/c13-9-4-5-11(16(17)18)12(6-9)21(19,20)15-10-3-1-2-8(10)7-14/h4-6,8,10,15H,1-3H2. The van der Waals surface area contributed by atoms with Crippen molar-refractivity contribution in [2.24, 2.45) is 5.92 Å². The second-order valence-electron chi connectivity index (χ2n) is 4.76. The number of nitriles is 1. The average molecular weight is 374 g/mol. The van der Waals surface area contributed by atoms with Crippen molar-refractivity contribution < 1.29 is 13.3 Å². The molecular formula is C12H12BrN3O4S. The molecule has 0 amide bonds. The van der Waals surface area contributed by atoms with Crippen molar-refractivity contribution in [3.8, 4) is 6.07 Å². The van der Waals surface area contributed by atoms with Gasteiger partial charge in [-0.05, 0) is 25.0 Å². The molecule has 0 spiro atoms. The number of nitrogens with zero attached hydrogens (tertiary/aromatic N) is 2. The lowest BCUT2D eigenvalue weighted by Gasteiger charge is -2.15. The summed E-state index contributed by atoms with van der Waals surface area (Å²) in [5.74, 6) is -0.397. The van der Waals surface area contributed by atoms with Crippen LogP contribution in [-0.2, 0) is 10.0 Å². The third kappa shape index (κ3) is 3.40. The number of nitro benzene ring substituents is 1. The fourth-order valence-electron chi connectivity index (χ4n) is 2.37. The van der Waals surface area contributed by atoms with Gasteiger partial charge in [-0.2, -0.15) is 5.26 Å². The first-order valence-electron chi connectivity index (χ1n) is 6.21. The molecule has 0 heterocycles. The molecule has 0 aromatic heterocycles. The molecule has 0 bridgehead atoms. The van der Waals surface area contributed by atoms with Gasteiger partial charge < -0.3 is 0 Å². The minimum Gasteiger partial charge on any atom is -0.258 e. The number of benzene rings is 1. The second kappa shape index (κ2) is 6.09. The van der Waals surface area contributed by atoms with E-state index in [1.807, 2.05) is 0 Å². The summed E-state index contributed by atoms with van der Waals surface area (Å²) < 4.78 is 27.6. The molecule has 112 valence electrons. The number of nitro groups is 1. The van der Waals surface area contributed by atoms with Crippen LogP contribution < -0.4 is 4.72 Å².